The molecule has 21 heavy (non-hydrogen) atoms. The van der Waals surface area contributed by atoms with Crippen LogP contribution in [0.15, 0.2) is 18.2 Å². The fourth-order valence-electron chi connectivity index (χ4n) is 2.76. The van der Waals surface area contributed by atoms with Crippen LogP contribution in [-0.2, 0) is 9.59 Å². The molecule has 3 N–H and O–H groups in total. The maximum absolute atomic E-state index is 12.2. The fourth-order valence-corrected chi connectivity index (χ4v) is 2.76. The summed E-state index contributed by atoms with van der Waals surface area (Å²) in [4.78, 5) is 25.5. The van der Waals surface area contributed by atoms with Crippen molar-refractivity contribution in [3.8, 4) is 0 Å². The standard InChI is InChI=1S/C16H23N3O2/c1-11-6-5-7-13(12(11)2)18-15(20)10-19-9-4-3-8-14(19)16(17)21/h5-7,14H,3-4,8-10H2,1-2H3,(H2,17,21)(H,18,20). The van der Waals surface area contributed by atoms with Crippen molar-refractivity contribution >= 4 is 17.5 Å². The summed E-state index contributed by atoms with van der Waals surface area (Å²) in [5.74, 6) is -0.439. The Morgan fingerprint density at radius 3 is 2.81 bits per heavy atom. The quantitative estimate of drug-likeness (QED) is 0.883. The van der Waals surface area contributed by atoms with Gasteiger partial charge >= 0.3 is 0 Å². The highest BCUT2D eigenvalue weighted by Gasteiger charge is 2.28. The van der Waals surface area contributed by atoms with E-state index in [1.54, 1.807) is 0 Å². The van der Waals surface area contributed by atoms with Gasteiger partial charge in [0.25, 0.3) is 0 Å². The van der Waals surface area contributed by atoms with E-state index in [0.29, 0.717) is 0 Å². The molecule has 1 aromatic rings. The maximum atomic E-state index is 12.2. The van der Waals surface area contributed by atoms with Crippen LogP contribution in [0.5, 0.6) is 0 Å². The number of amides is 2. The molecule has 0 aliphatic carbocycles. The molecule has 0 radical (unpaired) electrons. The number of carbonyl (C=O) groups excluding carboxylic acids is 2. The second-order valence-corrected chi connectivity index (χ2v) is 5.68. The number of piperidine rings is 1. The lowest BCUT2D eigenvalue weighted by atomic mass is 10.0. The summed E-state index contributed by atoms with van der Waals surface area (Å²) >= 11 is 0. The van der Waals surface area contributed by atoms with Crippen molar-refractivity contribution in [3.05, 3.63) is 29.3 Å². The van der Waals surface area contributed by atoms with Gasteiger partial charge in [-0.2, -0.15) is 0 Å². The molecule has 0 saturated carbocycles. The van der Waals surface area contributed by atoms with Gasteiger partial charge in [-0.25, -0.2) is 0 Å². The van der Waals surface area contributed by atoms with Crippen LogP contribution in [0.25, 0.3) is 0 Å². The van der Waals surface area contributed by atoms with E-state index in [0.717, 1.165) is 42.6 Å². The van der Waals surface area contributed by atoms with Gasteiger partial charge in [0.1, 0.15) is 0 Å². The molecule has 2 amide bonds. The molecular formula is C16H23N3O2. The summed E-state index contributed by atoms with van der Waals surface area (Å²) in [5.41, 5.74) is 8.45. The molecule has 1 fully saturated rings. The number of rotatable bonds is 4. The zero-order valence-corrected chi connectivity index (χ0v) is 12.7. The average molecular weight is 289 g/mol. The molecule has 2 rings (SSSR count). The molecule has 1 saturated heterocycles. The minimum absolute atomic E-state index is 0.100. The zero-order chi connectivity index (χ0) is 15.4. The van der Waals surface area contributed by atoms with Crippen LogP contribution in [0.1, 0.15) is 30.4 Å². The topological polar surface area (TPSA) is 75.4 Å². The van der Waals surface area contributed by atoms with Gasteiger partial charge < -0.3 is 11.1 Å². The normalized spacial score (nSPS) is 19.2. The van der Waals surface area contributed by atoms with Gasteiger partial charge in [-0.05, 0) is 50.4 Å². The number of anilines is 1. The summed E-state index contributed by atoms with van der Waals surface area (Å²) in [7, 11) is 0. The molecule has 0 bridgehead atoms. The van der Waals surface area contributed by atoms with Crippen LogP contribution in [0.4, 0.5) is 5.69 Å². The van der Waals surface area contributed by atoms with Gasteiger partial charge in [-0.3, -0.25) is 14.5 Å². The highest BCUT2D eigenvalue weighted by atomic mass is 16.2. The van der Waals surface area contributed by atoms with Crippen LogP contribution in [-0.4, -0.2) is 35.8 Å². The number of carbonyl (C=O) groups is 2. The van der Waals surface area contributed by atoms with Crippen LogP contribution in [0, 0.1) is 13.8 Å². The van der Waals surface area contributed by atoms with Crippen LogP contribution in [0.2, 0.25) is 0 Å². The van der Waals surface area contributed by atoms with E-state index < -0.39 is 0 Å². The highest BCUT2D eigenvalue weighted by Crippen LogP contribution is 2.19. The number of hydrogen-bond donors (Lipinski definition) is 2. The number of nitrogens with one attached hydrogen (secondary N) is 1. The van der Waals surface area contributed by atoms with Crippen molar-refractivity contribution in [1.29, 1.82) is 0 Å². The number of aryl methyl sites for hydroxylation is 1. The largest absolute Gasteiger partial charge is 0.368 e. The van der Waals surface area contributed by atoms with Gasteiger partial charge in [-0.1, -0.05) is 18.6 Å². The first-order chi connectivity index (χ1) is 9.99. The lowest BCUT2D eigenvalue weighted by molar-refractivity contribution is -0.126. The van der Waals surface area contributed by atoms with Crippen molar-refractivity contribution in [2.24, 2.45) is 5.73 Å². The highest BCUT2D eigenvalue weighted by molar-refractivity contribution is 5.93. The number of likely N-dealkylation sites (tertiary alicyclic amines) is 1. The third-order valence-electron chi connectivity index (χ3n) is 4.17. The number of primary amides is 1. The van der Waals surface area contributed by atoms with E-state index in [1.165, 1.54) is 0 Å². The lowest BCUT2D eigenvalue weighted by Gasteiger charge is -2.32. The molecule has 1 aliphatic heterocycles. The smallest absolute Gasteiger partial charge is 0.238 e. The number of nitrogens with two attached hydrogens (primary N) is 1. The van der Waals surface area contributed by atoms with E-state index in [1.807, 2.05) is 36.9 Å². The summed E-state index contributed by atoms with van der Waals surface area (Å²) in [6, 6.07) is 5.51. The fraction of sp³-hybridized carbons (Fsp3) is 0.500. The van der Waals surface area contributed by atoms with E-state index in [2.05, 4.69) is 5.32 Å². The molecule has 1 aliphatic rings. The molecule has 5 heteroatoms. The summed E-state index contributed by atoms with van der Waals surface area (Å²) < 4.78 is 0. The van der Waals surface area contributed by atoms with Gasteiger partial charge in [0, 0.05) is 5.69 Å². The Morgan fingerprint density at radius 2 is 2.10 bits per heavy atom. The summed E-state index contributed by atoms with van der Waals surface area (Å²) in [6.45, 7) is 4.95. The second kappa shape index (κ2) is 6.72. The van der Waals surface area contributed by atoms with Gasteiger partial charge in [-0.15, -0.1) is 0 Å². The average Bonchev–Trinajstić information content (AvgIpc) is 2.44. The van der Waals surface area contributed by atoms with Gasteiger partial charge in [0.2, 0.25) is 11.8 Å². The monoisotopic (exact) mass is 289 g/mol. The molecule has 0 aromatic heterocycles. The van der Waals surface area contributed by atoms with E-state index in [9.17, 15) is 9.59 Å². The van der Waals surface area contributed by atoms with Crippen LogP contribution in [0.3, 0.4) is 0 Å². The van der Waals surface area contributed by atoms with Gasteiger partial charge in [0.15, 0.2) is 0 Å². The van der Waals surface area contributed by atoms with E-state index in [4.69, 9.17) is 5.73 Å². The minimum atomic E-state index is -0.339. The molecule has 1 unspecified atom stereocenters. The second-order valence-electron chi connectivity index (χ2n) is 5.68. The molecule has 0 spiro atoms. The van der Waals surface area contributed by atoms with Crippen LogP contribution < -0.4 is 11.1 Å². The summed E-state index contributed by atoms with van der Waals surface area (Å²) in [6.07, 6.45) is 2.73. The van der Waals surface area contributed by atoms with Crippen molar-refractivity contribution in [3.63, 3.8) is 0 Å². The van der Waals surface area contributed by atoms with Crippen molar-refractivity contribution in [2.45, 2.75) is 39.2 Å². The molecule has 114 valence electrons. The number of hydrogen-bond acceptors (Lipinski definition) is 3. The summed E-state index contributed by atoms with van der Waals surface area (Å²) in [5, 5.41) is 2.93. The third kappa shape index (κ3) is 3.82. The Labute approximate surface area is 125 Å². The van der Waals surface area contributed by atoms with Gasteiger partial charge in [0.05, 0.1) is 12.6 Å². The third-order valence-corrected chi connectivity index (χ3v) is 4.17. The number of benzene rings is 1. The van der Waals surface area contributed by atoms with E-state index in [-0.39, 0.29) is 24.4 Å². The predicted octanol–water partition coefficient (Wildman–Crippen LogP) is 1.58. The molecule has 1 heterocycles. The van der Waals surface area contributed by atoms with Crippen molar-refractivity contribution < 1.29 is 9.59 Å². The van der Waals surface area contributed by atoms with E-state index >= 15 is 0 Å². The number of nitrogens with zero attached hydrogens (tertiary/aromatic N) is 1. The first-order valence-electron chi connectivity index (χ1n) is 7.38. The zero-order valence-electron chi connectivity index (χ0n) is 12.7. The lowest BCUT2D eigenvalue weighted by Crippen LogP contribution is -2.50. The SMILES string of the molecule is Cc1cccc(NC(=O)CN2CCCCC2C(N)=O)c1C. The minimum Gasteiger partial charge on any atom is -0.368 e. The first kappa shape index (κ1) is 15.5. The van der Waals surface area contributed by atoms with Crippen LogP contribution >= 0.6 is 0 Å². The Hall–Kier alpha value is -1.88. The van der Waals surface area contributed by atoms with Crippen molar-refractivity contribution in [2.75, 3.05) is 18.4 Å². The molecule has 1 atom stereocenters. The molecular weight excluding hydrogens is 266 g/mol. The molecule has 5 nitrogen and oxygen atoms in total. The predicted molar refractivity (Wildman–Crippen MR) is 83.0 cm³/mol. The Morgan fingerprint density at radius 1 is 1.33 bits per heavy atom. The first-order valence-corrected chi connectivity index (χ1v) is 7.38. The van der Waals surface area contributed by atoms with Crippen molar-refractivity contribution in [1.82, 2.24) is 4.90 Å². The Kier molecular flexibility index (Phi) is 4.96. The maximum Gasteiger partial charge on any atom is 0.238 e. The Bertz CT molecular complexity index is 542. The molecule has 1 aromatic carbocycles. The Balaban J connectivity index is 2.00.